The van der Waals surface area contributed by atoms with E-state index in [9.17, 15) is 0 Å². The molecule has 0 radical (unpaired) electrons. The Hall–Kier alpha value is -6.90. The number of nitrogens with zero attached hydrogens (tertiary/aromatic N) is 1. The van der Waals surface area contributed by atoms with Crippen molar-refractivity contribution in [3.63, 3.8) is 0 Å². The molecule has 0 saturated heterocycles. The molecule has 0 bridgehead atoms. The average molecular weight is 664 g/mol. The molecule has 0 unspecified atom stereocenters. The first kappa shape index (κ1) is 30.0. The van der Waals surface area contributed by atoms with Crippen LogP contribution in [-0.2, 0) is 0 Å². The summed E-state index contributed by atoms with van der Waals surface area (Å²) in [4.78, 5) is 2.34. The van der Waals surface area contributed by atoms with E-state index >= 15 is 0 Å². The van der Waals surface area contributed by atoms with Crippen LogP contribution in [0.5, 0.6) is 0 Å². The molecule has 0 aliphatic carbocycles. The van der Waals surface area contributed by atoms with Gasteiger partial charge in [0, 0.05) is 33.2 Å². The predicted molar refractivity (Wildman–Crippen MR) is 220 cm³/mol. The quantitative estimate of drug-likeness (QED) is 0.176. The van der Waals surface area contributed by atoms with Gasteiger partial charge < -0.3 is 9.32 Å². The van der Waals surface area contributed by atoms with Crippen LogP contribution in [0.2, 0.25) is 0 Å². The van der Waals surface area contributed by atoms with Gasteiger partial charge in [-0.05, 0) is 98.1 Å². The maximum absolute atomic E-state index is 6.50. The van der Waals surface area contributed by atoms with Gasteiger partial charge in [-0.15, -0.1) is 0 Å². The summed E-state index contributed by atoms with van der Waals surface area (Å²) < 4.78 is 6.50. The van der Waals surface area contributed by atoms with Crippen molar-refractivity contribution in [2.24, 2.45) is 0 Å². The fourth-order valence-corrected chi connectivity index (χ4v) is 7.73. The first-order chi connectivity index (χ1) is 25.8. The summed E-state index contributed by atoms with van der Waals surface area (Å²) in [7, 11) is 0. The number of fused-ring (bicyclic) bond motifs is 6. The first-order valence-electron chi connectivity index (χ1n) is 17.8. The number of benzene rings is 9. The summed E-state index contributed by atoms with van der Waals surface area (Å²) in [5.74, 6) is 0. The van der Waals surface area contributed by atoms with Gasteiger partial charge in [0.05, 0.1) is 0 Å². The van der Waals surface area contributed by atoms with Gasteiger partial charge >= 0.3 is 0 Å². The second-order valence-corrected chi connectivity index (χ2v) is 13.3. The number of hydrogen-bond acceptors (Lipinski definition) is 2. The van der Waals surface area contributed by atoms with Crippen LogP contribution in [0, 0.1) is 0 Å². The molecular formula is C50H33NO. The molecule has 0 aliphatic heterocycles. The van der Waals surface area contributed by atoms with Crippen molar-refractivity contribution >= 4 is 60.5 Å². The van der Waals surface area contributed by atoms with Crippen LogP contribution in [0.1, 0.15) is 0 Å². The Morgan fingerprint density at radius 2 is 0.808 bits per heavy atom. The van der Waals surface area contributed by atoms with Crippen molar-refractivity contribution in [1.82, 2.24) is 0 Å². The topological polar surface area (TPSA) is 16.4 Å². The van der Waals surface area contributed by atoms with Crippen LogP contribution >= 0.6 is 0 Å². The third-order valence-electron chi connectivity index (χ3n) is 10.3. The Morgan fingerprint density at radius 3 is 1.50 bits per heavy atom. The van der Waals surface area contributed by atoms with Crippen molar-refractivity contribution in [2.75, 3.05) is 4.90 Å². The molecule has 0 amide bonds. The van der Waals surface area contributed by atoms with Crippen LogP contribution in [-0.4, -0.2) is 0 Å². The molecule has 0 fully saturated rings. The summed E-state index contributed by atoms with van der Waals surface area (Å²) in [6.07, 6.45) is 0. The number of hydrogen-bond donors (Lipinski definition) is 0. The largest absolute Gasteiger partial charge is 0.455 e. The monoisotopic (exact) mass is 663 g/mol. The lowest BCUT2D eigenvalue weighted by atomic mass is 9.97. The van der Waals surface area contributed by atoms with Gasteiger partial charge in [0.2, 0.25) is 0 Å². The van der Waals surface area contributed by atoms with E-state index in [1.807, 2.05) is 0 Å². The molecule has 0 spiro atoms. The van der Waals surface area contributed by atoms with E-state index in [1.165, 1.54) is 38.4 Å². The maximum Gasteiger partial charge on any atom is 0.143 e. The van der Waals surface area contributed by atoms with Crippen molar-refractivity contribution < 1.29 is 4.42 Å². The Bertz CT molecular complexity index is 2860. The molecule has 10 rings (SSSR count). The first-order valence-corrected chi connectivity index (χ1v) is 17.8. The van der Waals surface area contributed by atoms with Crippen LogP contribution in [0.4, 0.5) is 17.1 Å². The van der Waals surface area contributed by atoms with Gasteiger partial charge in [-0.2, -0.15) is 0 Å². The molecular weight excluding hydrogens is 631 g/mol. The molecule has 9 aromatic carbocycles. The molecule has 0 aliphatic rings. The van der Waals surface area contributed by atoms with Crippen LogP contribution in [0.3, 0.4) is 0 Å². The van der Waals surface area contributed by atoms with Crippen LogP contribution < -0.4 is 4.90 Å². The molecule has 52 heavy (non-hydrogen) atoms. The van der Waals surface area contributed by atoms with Crippen molar-refractivity contribution in [3.05, 3.63) is 200 Å². The Kier molecular flexibility index (Phi) is 7.18. The van der Waals surface area contributed by atoms with Gasteiger partial charge in [-0.3, -0.25) is 0 Å². The highest BCUT2D eigenvalue weighted by Crippen LogP contribution is 2.42. The van der Waals surface area contributed by atoms with Gasteiger partial charge in [-0.25, -0.2) is 0 Å². The molecule has 0 saturated carbocycles. The zero-order valence-corrected chi connectivity index (χ0v) is 28.4. The maximum atomic E-state index is 6.50. The minimum atomic E-state index is 0.902. The zero-order valence-electron chi connectivity index (χ0n) is 28.4. The van der Waals surface area contributed by atoms with E-state index in [0.29, 0.717) is 0 Å². The number of anilines is 3. The summed E-state index contributed by atoms with van der Waals surface area (Å²) in [6.45, 7) is 0. The number of furan rings is 1. The summed E-state index contributed by atoms with van der Waals surface area (Å²) in [5.41, 5.74) is 12.3. The zero-order chi connectivity index (χ0) is 34.4. The molecule has 10 aromatic rings. The molecule has 2 heteroatoms. The highest BCUT2D eigenvalue weighted by atomic mass is 16.3. The minimum absolute atomic E-state index is 0.902. The molecule has 1 heterocycles. The third kappa shape index (κ3) is 5.12. The van der Waals surface area contributed by atoms with E-state index in [1.54, 1.807) is 0 Å². The standard InChI is InChI=1S/C50H33NO/c1-2-10-34(11-3-1)35-20-27-40(28-21-35)51(41-29-22-38(23-30-41)44-17-8-14-36-12-4-6-15-43(36)44)42-31-24-39(25-32-42)45-18-9-19-48-49(45)47-33-26-37-13-5-7-16-46(37)50(47)52-48/h1-33H. The van der Waals surface area contributed by atoms with E-state index in [4.69, 9.17) is 4.42 Å². The predicted octanol–water partition coefficient (Wildman–Crippen LogP) is 14.4. The number of rotatable bonds is 6. The van der Waals surface area contributed by atoms with Gasteiger partial charge in [0.1, 0.15) is 11.2 Å². The summed E-state index contributed by atoms with van der Waals surface area (Å²) in [5, 5.41) is 7.11. The Labute approximate surface area is 302 Å². The molecule has 244 valence electrons. The molecule has 1 aromatic heterocycles. The third-order valence-corrected chi connectivity index (χ3v) is 10.3. The normalized spacial score (nSPS) is 11.5. The lowest BCUT2D eigenvalue weighted by molar-refractivity contribution is 0.673. The lowest BCUT2D eigenvalue weighted by Crippen LogP contribution is -2.09. The van der Waals surface area contributed by atoms with Gasteiger partial charge in [0.25, 0.3) is 0 Å². The Balaban J connectivity index is 1.07. The smallest absolute Gasteiger partial charge is 0.143 e. The lowest BCUT2D eigenvalue weighted by Gasteiger charge is -2.26. The SMILES string of the molecule is c1ccc(-c2ccc(N(c3ccc(-c4cccc5ccccc45)cc3)c3ccc(-c4cccc5oc6c7ccccc7ccc6c45)cc3)cc2)cc1. The van der Waals surface area contributed by atoms with Crippen LogP contribution in [0.15, 0.2) is 205 Å². The molecule has 0 N–H and O–H groups in total. The fraction of sp³-hybridized carbons (Fsp3) is 0. The molecule has 0 atom stereocenters. The Morgan fingerprint density at radius 1 is 0.308 bits per heavy atom. The summed E-state index contributed by atoms with van der Waals surface area (Å²) >= 11 is 0. The fourth-order valence-electron chi connectivity index (χ4n) is 7.73. The molecule has 2 nitrogen and oxygen atoms in total. The van der Waals surface area contributed by atoms with Gasteiger partial charge in [-0.1, -0.05) is 152 Å². The van der Waals surface area contributed by atoms with Crippen LogP contribution in [0.25, 0.3) is 76.9 Å². The van der Waals surface area contributed by atoms with Crippen molar-refractivity contribution in [3.8, 4) is 33.4 Å². The van der Waals surface area contributed by atoms with E-state index in [0.717, 1.165) is 55.5 Å². The van der Waals surface area contributed by atoms with Gasteiger partial charge in [0.15, 0.2) is 0 Å². The van der Waals surface area contributed by atoms with E-state index in [-0.39, 0.29) is 0 Å². The second kappa shape index (κ2) is 12.5. The van der Waals surface area contributed by atoms with Crippen molar-refractivity contribution in [2.45, 2.75) is 0 Å². The summed E-state index contributed by atoms with van der Waals surface area (Å²) in [6, 6.07) is 71.6. The van der Waals surface area contributed by atoms with E-state index in [2.05, 4.69) is 205 Å². The minimum Gasteiger partial charge on any atom is -0.455 e. The van der Waals surface area contributed by atoms with Crippen molar-refractivity contribution in [1.29, 1.82) is 0 Å². The second-order valence-electron chi connectivity index (χ2n) is 13.3. The highest BCUT2D eigenvalue weighted by Gasteiger charge is 2.17. The highest BCUT2D eigenvalue weighted by molar-refractivity contribution is 6.19. The average Bonchev–Trinajstić information content (AvgIpc) is 3.62. The van der Waals surface area contributed by atoms with E-state index < -0.39 is 0 Å².